The molecule has 0 fully saturated rings. The summed E-state index contributed by atoms with van der Waals surface area (Å²) >= 11 is 1.86. The summed E-state index contributed by atoms with van der Waals surface area (Å²) in [6, 6.07) is 0. The molecule has 0 aliphatic heterocycles. The zero-order chi connectivity index (χ0) is 12.5. The predicted octanol–water partition coefficient (Wildman–Crippen LogP) is 1.30. The molecule has 96 valence electrons. The Morgan fingerprint density at radius 1 is 1.35 bits per heavy atom. The summed E-state index contributed by atoms with van der Waals surface area (Å²) in [4.78, 5) is 11.5. The van der Waals surface area contributed by atoms with Gasteiger partial charge in [0.1, 0.15) is 0 Å². The predicted molar refractivity (Wildman–Crippen MR) is 67.9 cm³/mol. The van der Waals surface area contributed by atoms with E-state index in [1.165, 1.54) is 18.6 Å². The van der Waals surface area contributed by atoms with E-state index in [4.69, 9.17) is 5.73 Å². The van der Waals surface area contributed by atoms with Crippen LogP contribution in [0.1, 0.15) is 36.2 Å². The number of rotatable bonds is 8. The Morgan fingerprint density at radius 3 is 2.76 bits per heavy atom. The van der Waals surface area contributed by atoms with E-state index in [0.29, 0.717) is 6.54 Å². The first-order chi connectivity index (χ1) is 8.25. The minimum absolute atomic E-state index is 0.0301. The first-order valence-electron chi connectivity index (χ1n) is 5.61. The van der Waals surface area contributed by atoms with Crippen LogP contribution in [0.3, 0.4) is 0 Å². The van der Waals surface area contributed by atoms with Gasteiger partial charge in [-0.3, -0.25) is 4.79 Å². The Kier molecular flexibility index (Phi) is 6.46. The standard InChI is InChI=1S/C10H18N4O2S/c1-17-7-5-3-2-4-6-12-10(15)8-9(11)14-16-13-8/h2-7H2,1H3,(H2,11,14)(H,12,15). The lowest BCUT2D eigenvalue weighted by atomic mass is 10.2. The maximum Gasteiger partial charge on any atom is 0.277 e. The van der Waals surface area contributed by atoms with Gasteiger partial charge in [-0.05, 0) is 35.2 Å². The van der Waals surface area contributed by atoms with Gasteiger partial charge in [0.05, 0.1) is 0 Å². The van der Waals surface area contributed by atoms with Crippen molar-refractivity contribution in [2.75, 3.05) is 24.3 Å². The van der Waals surface area contributed by atoms with Crippen LogP contribution in [0.5, 0.6) is 0 Å². The highest BCUT2D eigenvalue weighted by atomic mass is 32.2. The minimum atomic E-state index is -0.326. The van der Waals surface area contributed by atoms with Gasteiger partial charge in [-0.2, -0.15) is 11.8 Å². The molecular weight excluding hydrogens is 240 g/mol. The Balaban J connectivity index is 2.07. The van der Waals surface area contributed by atoms with Crippen LogP contribution in [0.25, 0.3) is 0 Å². The summed E-state index contributed by atoms with van der Waals surface area (Å²) < 4.78 is 4.35. The maximum absolute atomic E-state index is 11.5. The van der Waals surface area contributed by atoms with Gasteiger partial charge in [-0.25, -0.2) is 4.63 Å². The lowest BCUT2D eigenvalue weighted by Crippen LogP contribution is -2.25. The lowest BCUT2D eigenvalue weighted by Gasteiger charge is -2.02. The van der Waals surface area contributed by atoms with Crippen LogP contribution >= 0.6 is 11.8 Å². The number of unbranched alkanes of at least 4 members (excludes halogenated alkanes) is 3. The Morgan fingerprint density at radius 2 is 2.12 bits per heavy atom. The molecule has 17 heavy (non-hydrogen) atoms. The van der Waals surface area contributed by atoms with E-state index < -0.39 is 0 Å². The molecule has 0 saturated heterocycles. The quantitative estimate of drug-likeness (QED) is 0.683. The molecule has 1 amide bonds. The molecule has 6 nitrogen and oxygen atoms in total. The van der Waals surface area contributed by atoms with Gasteiger partial charge in [0.15, 0.2) is 0 Å². The van der Waals surface area contributed by atoms with Gasteiger partial charge < -0.3 is 11.1 Å². The number of anilines is 1. The number of hydrogen-bond acceptors (Lipinski definition) is 6. The number of carbonyl (C=O) groups is 1. The largest absolute Gasteiger partial charge is 0.379 e. The van der Waals surface area contributed by atoms with Crippen LogP contribution in [0.4, 0.5) is 5.82 Å². The molecule has 7 heteroatoms. The molecule has 0 bridgehead atoms. The van der Waals surface area contributed by atoms with Crippen LogP contribution in [-0.2, 0) is 0 Å². The molecule has 0 unspecified atom stereocenters. The molecule has 1 heterocycles. The van der Waals surface area contributed by atoms with Crippen LogP contribution in [0.2, 0.25) is 0 Å². The van der Waals surface area contributed by atoms with Crippen LogP contribution in [0, 0.1) is 0 Å². The summed E-state index contributed by atoms with van der Waals surface area (Å²) in [5.74, 6) is 0.906. The second kappa shape index (κ2) is 7.94. The first-order valence-corrected chi connectivity index (χ1v) is 7.00. The highest BCUT2D eigenvalue weighted by Gasteiger charge is 2.14. The molecule has 0 aromatic carbocycles. The second-order valence-corrected chi connectivity index (χ2v) is 4.65. The number of nitrogen functional groups attached to an aromatic ring is 1. The number of nitrogens with zero attached hydrogens (tertiary/aromatic N) is 2. The van der Waals surface area contributed by atoms with Crippen molar-refractivity contribution in [1.82, 2.24) is 15.6 Å². The number of thioether (sulfide) groups is 1. The molecule has 0 radical (unpaired) electrons. The van der Waals surface area contributed by atoms with Gasteiger partial charge in [0.2, 0.25) is 11.5 Å². The molecule has 1 rings (SSSR count). The van der Waals surface area contributed by atoms with E-state index >= 15 is 0 Å². The van der Waals surface area contributed by atoms with E-state index in [0.717, 1.165) is 12.8 Å². The van der Waals surface area contributed by atoms with Crippen LogP contribution in [-0.4, -0.2) is 34.8 Å². The molecule has 0 aliphatic rings. The van der Waals surface area contributed by atoms with Crippen molar-refractivity contribution < 1.29 is 9.42 Å². The van der Waals surface area contributed by atoms with E-state index in [1.54, 1.807) is 0 Å². The number of hydrogen-bond donors (Lipinski definition) is 2. The van der Waals surface area contributed by atoms with Gasteiger partial charge in [-0.1, -0.05) is 12.8 Å². The Labute approximate surface area is 105 Å². The second-order valence-electron chi connectivity index (χ2n) is 3.66. The van der Waals surface area contributed by atoms with Crippen molar-refractivity contribution in [1.29, 1.82) is 0 Å². The summed E-state index contributed by atoms with van der Waals surface area (Å²) in [5.41, 5.74) is 5.46. The lowest BCUT2D eigenvalue weighted by molar-refractivity contribution is 0.0943. The highest BCUT2D eigenvalue weighted by Crippen LogP contribution is 2.05. The number of nitrogens with two attached hydrogens (primary N) is 1. The third kappa shape index (κ3) is 5.08. The number of aromatic nitrogens is 2. The molecule has 0 saturated carbocycles. The van der Waals surface area contributed by atoms with Gasteiger partial charge in [-0.15, -0.1) is 0 Å². The van der Waals surface area contributed by atoms with Crippen molar-refractivity contribution >= 4 is 23.5 Å². The van der Waals surface area contributed by atoms with E-state index in [2.05, 4.69) is 26.5 Å². The minimum Gasteiger partial charge on any atom is -0.379 e. The third-order valence-corrected chi connectivity index (χ3v) is 2.99. The maximum atomic E-state index is 11.5. The monoisotopic (exact) mass is 258 g/mol. The Hall–Kier alpha value is -1.24. The first kappa shape index (κ1) is 13.8. The average Bonchev–Trinajstić information content (AvgIpc) is 2.74. The molecule has 0 spiro atoms. The van der Waals surface area contributed by atoms with E-state index in [1.807, 2.05) is 11.8 Å². The topological polar surface area (TPSA) is 94.0 Å². The fourth-order valence-corrected chi connectivity index (χ4v) is 1.86. The Bertz CT molecular complexity index is 343. The normalized spacial score (nSPS) is 10.4. The van der Waals surface area contributed by atoms with E-state index in [9.17, 15) is 4.79 Å². The van der Waals surface area contributed by atoms with Crippen molar-refractivity contribution in [3.8, 4) is 0 Å². The van der Waals surface area contributed by atoms with Gasteiger partial charge >= 0.3 is 0 Å². The summed E-state index contributed by atoms with van der Waals surface area (Å²) in [6.07, 6.45) is 6.62. The summed E-state index contributed by atoms with van der Waals surface area (Å²) in [7, 11) is 0. The van der Waals surface area contributed by atoms with Gasteiger partial charge in [0.25, 0.3) is 5.91 Å². The number of amides is 1. The molecule has 0 atom stereocenters. The zero-order valence-corrected chi connectivity index (χ0v) is 10.8. The summed E-state index contributed by atoms with van der Waals surface area (Å²) in [5, 5.41) is 9.50. The SMILES string of the molecule is CSCCCCCCNC(=O)c1nonc1N. The fraction of sp³-hybridized carbons (Fsp3) is 0.700. The van der Waals surface area contributed by atoms with Gasteiger partial charge in [0, 0.05) is 6.54 Å². The third-order valence-electron chi connectivity index (χ3n) is 2.29. The number of carbonyl (C=O) groups excluding carboxylic acids is 1. The van der Waals surface area contributed by atoms with E-state index in [-0.39, 0.29) is 17.4 Å². The van der Waals surface area contributed by atoms with Crippen LogP contribution in [0.15, 0.2) is 4.63 Å². The van der Waals surface area contributed by atoms with Crippen molar-refractivity contribution in [2.24, 2.45) is 0 Å². The van der Waals surface area contributed by atoms with Crippen molar-refractivity contribution in [3.05, 3.63) is 5.69 Å². The highest BCUT2D eigenvalue weighted by molar-refractivity contribution is 7.98. The molecular formula is C10H18N4O2S. The van der Waals surface area contributed by atoms with Crippen molar-refractivity contribution in [2.45, 2.75) is 25.7 Å². The average molecular weight is 258 g/mol. The van der Waals surface area contributed by atoms with Crippen LogP contribution < -0.4 is 11.1 Å². The molecule has 1 aromatic heterocycles. The summed E-state index contributed by atoms with van der Waals surface area (Å²) in [6.45, 7) is 0.629. The molecule has 0 aliphatic carbocycles. The molecule has 1 aromatic rings. The zero-order valence-electron chi connectivity index (χ0n) is 9.94. The van der Waals surface area contributed by atoms with Crippen molar-refractivity contribution in [3.63, 3.8) is 0 Å². The smallest absolute Gasteiger partial charge is 0.277 e. The fourth-order valence-electron chi connectivity index (χ4n) is 1.36. The molecule has 3 N–H and O–H groups in total. The number of nitrogens with one attached hydrogen (secondary N) is 1.